The molecule has 0 aromatic heterocycles. The van der Waals surface area contributed by atoms with Crippen LogP contribution in [0.3, 0.4) is 0 Å². The Bertz CT molecular complexity index is 493. The minimum absolute atomic E-state index is 0.100. The predicted molar refractivity (Wildman–Crippen MR) is 64.9 cm³/mol. The third kappa shape index (κ3) is 2.63. The standard InChI is InChI=1S/C14H14O3/c1-14(17)8-6-11(7-9-14)13(16)10-2-4-12(15)5-3-10/h2-8,15,17H,9H2,1H3. The summed E-state index contributed by atoms with van der Waals surface area (Å²) in [7, 11) is 0. The lowest BCUT2D eigenvalue weighted by Gasteiger charge is -2.20. The first kappa shape index (κ1) is 11.6. The van der Waals surface area contributed by atoms with E-state index in [4.69, 9.17) is 5.11 Å². The number of hydrogen-bond donors (Lipinski definition) is 2. The molecule has 0 aliphatic heterocycles. The zero-order valence-corrected chi connectivity index (χ0v) is 9.55. The van der Waals surface area contributed by atoms with Crippen LogP contribution in [0.5, 0.6) is 5.75 Å². The highest BCUT2D eigenvalue weighted by molar-refractivity contribution is 6.10. The predicted octanol–water partition coefficient (Wildman–Crippen LogP) is 2.21. The Labute approximate surface area is 99.7 Å². The second kappa shape index (κ2) is 4.18. The molecule has 1 atom stereocenters. The van der Waals surface area contributed by atoms with Crippen LogP contribution in [0.2, 0.25) is 0 Å². The monoisotopic (exact) mass is 230 g/mol. The Kier molecular flexibility index (Phi) is 2.86. The average Bonchev–Trinajstić information content (AvgIpc) is 2.29. The van der Waals surface area contributed by atoms with E-state index in [2.05, 4.69) is 0 Å². The zero-order valence-electron chi connectivity index (χ0n) is 9.55. The van der Waals surface area contributed by atoms with Gasteiger partial charge in [0.25, 0.3) is 0 Å². The van der Waals surface area contributed by atoms with Gasteiger partial charge < -0.3 is 10.2 Å². The number of allylic oxidation sites excluding steroid dienone is 2. The molecule has 1 aromatic rings. The average molecular weight is 230 g/mol. The third-order valence-electron chi connectivity index (χ3n) is 2.75. The number of phenolic OH excluding ortho intramolecular Hbond substituents is 1. The van der Waals surface area contributed by atoms with Crippen LogP contribution in [-0.4, -0.2) is 21.6 Å². The minimum Gasteiger partial charge on any atom is -0.508 e. The molecule has 17 heavy (non-hydrogen) atoms. The van der Waals surface area contributed by atoms with Gasteiger partial charge in [-0.3, -0.25) is 4.79 Å². The summed E-state index contributed by atoms with van der Waals surface area (Å²) in [5, 5.41) is 18.8. The van der Waals surface area contributed by atoms with Crippen molar-refractivity contribution in [2.24, 2.45) is 0 Å². The van der Waals surface area contributed by atoms with Gasteiger partial charge in [-0.25, -0.2) is 0 Å². The lowest BCUT2D eigenvalue weighted by atomic mass is 9.91. The first-order valence-electron chi connectivity index (χ1n) is 5.43. The maximum absolute atomic E-state index is 12.0. The highest BCUT2D eigenvalue weighted by Crippen LogP contribution is 2.23. The van der Waals surface area contributed by atoms with E-state index in [0.29, 0.717) is 17.6 Å². The van der Waals surface area contributed by atoms with Crippen LogP contribution in [0.1, 0.15) is 23.7 Å². The number of phenols is 1. The molecular weight excluding hydrogens is 216 g/mol. The van der Waals surface area contributed by atoms with Crippen LogP contribution in [-0.2, 0) is 0 Å². The number of Topliss-reactive ketones (excluding diaryl/α,β-unsaturated/α-hetero) is 1. The van der Waals surface area contributed by atoms with Crippen molar-refractivity contribution in [3.8, 4) is 5.75 Å². The van der Waals surface area contributed by atoms with Gasteiger partial charge in [0.1, 0.15) is 5.75 Å². The topological polar surface area (TPSA) is 57.5 Å². The van der Waals surface area contributed by atoms with Gasteiger partial charge in [-0.1, -0.05) is 18.2 Å². The molecule has 0 fully saturated rings. The van der Waals surface area contributed by atoms with Crippen LogP contribution in [0.4, 0.5) is 0 Å². The van der Waals surface area contributed by atoms with E-state index in [1.807, 2.05) is 0 Å². The summed E-state index contributed by atoms with van der Waals surface area (Å²) in [6, 6.07) is 6.13. The lowest BCUT2D eigenvalue weighted by Crippen LogP contribution is -2.22. The SMILES string of the molecule is CC1(O)C=CC(C(=O)c2ccc(O)cc2)=CC1. The van der Waals surface area contributed by atoms with Crippen LogP contribution in [0.15, 0.2) is 48.1 Å². The molecule has 0 radical (unpaired) electrons. The molecule has 1 aliphatic rings. The van der Waals surface area contributed by atoms with Gasteiger partial charge in [-0.15, -0.1) is 0 Å². The van der Waals surface area contributed by atoms with E-state index in [1.54, 1.807) is 37.3 Å². The van der Waals surface area contributed by atoms with Gasteiger partial charge in [0, 0.05) is 11.1 Å². The molecule has 0 bridgehead atoms. The molecular formula is C14H14O3. The second-order valence-electron chi connectivity index (χ2n) is 4.43. The lowest BCUT2D eigenvalue weighted by molar-refractivity contribution is 0.102. The van der Waals surface area contributed by atoms with E-state index >= 15 is 0 Å². The normalized spacial score (nSPS) is 23.3. The molecule has 1 aliphatic carbocycles. The smallest absolute Gasteiger partial charge is 0.192 e. The van der Waals surface area contributed by atoms with Gasteiger partial charge >= 0.3 is 0 Å². The molecule has 1 unspecified atom stereocenters. The van der Waals surface area contributed by atoms with Crippen molar-refractivity contribution in [2.45, 2.75) is 18.9 Å². The number of hydrogen-bond acceptors (Lipinski definition) is 3. The summed E-state index contributed by atoms with van der Waals surface area (Å²) in [4.78, 5) is 12.0. The summed E-state index contributed by atoms with van der Waals surface area (Å²) in [6.07, 6.45) is 5.43. The summed E-state index contributed by atoms with van der Waals surface area (Å²) >= 11 is 0. The second-order valence-corrected chi connectivity index (χ2v) is 4.43. The van der Waals surface area contributed by atoms with Gasteiger partial charge in [0.15, 0.2) is 5.78 Å². The van der Waals surface area contributed by atoms with Crippen molar-refractivity contribution >= 4 is 5.78 Å². The molecule has 0 spiro atoms. The Morgan fingerprint density at radius 1 is 1.29 bits per heavy atom. The first-order chi connectivity index (χ1) is 7.98. The number of aliphatic hydroxyl groups is 1. The number of carbonyl (C=O) groups is 1. The zero-order chi connectivity index (χ0) is 12.5. The van der Waals surface area contributed by atoms with Crippen molar-refractivity contribution in [1.82, 2.24) is 0 Å². The van der Waals surface area contributed by atoms with Gasteiger partial charge in [-0.05, 0) is 37.6 Å². The summed E-state index contributed by atoms with van der Waals surface area (Å²) < 4.78 is 0. The Hall–Kier alpha value is -1.87. The summed E-state index contributed by atoms with van der Waals surface area (Å²) in [6.45, 7) is 1.70. The first-order valence-corrected chi connectivity index (χ1v) is 5.43. The Morgan fingerprint density at radius 3 is 2.47 bits per heavy atom. The molecule has 2 N–H and O–H groups in total. The van der Waals surface area contributed by atoms with Gasteiger partial charge in [0.05, 0.1) is 5.60 Å². The number of carbonyl (C=O) groups excluding carboxylic acids is 1. The molecule has 0 heterocycles. The molecule has 0 saturated carbocycles. The van der Waals surface area contributed by atoms with Crippen molar-refractivity contribution in [3.63, 3.8) is 0 Å². The third-order valence-corrected chi connectivity index (χ3v) is 2.75. The maximum Gasteiger partial charge on any atom is 0.192 e. The van der Waals surface area contributed by atoms with E-state index in [9.17, 15) is 9.90 Å². The molecule has 2 rings (SSSR count). The maximum atomic E-state index is 12.0. The van der Waals surface area contributed by atoms with Crippen LogP contribution >= 0.6 is 0 Å². The molecule has 0 amide bonds. The van der Waals surface area contributed by atoms with Crippen LogP contribution in [0, 0.1) is 0 Å². The van der Waals surface area contributed by atoms with Gasteiger partial charge in [0.2, 0.25) is 0 Å². The fraction of sp³-hybridized carbons (Fsp3) is 0.214. The highest BCUT2D eigenvalue weighted by Gasteiger charge is 2.21. The highest BCUT2D eigenvalue weighted by atomic mass is 16.3. The van der Waals surface area contributed by atoms with Crippen molar-refractivity contribution < 1.29 is 15.0 Å². The minimum atomic E-state index is -0.862. The summed E-state index contributed by atoms with van der Waals surface area (Å²) in [5.41, 5.74) is 0.237. The van der Waals surface area contributed by atoms with E-state index in [0.717, 1.165) is 0 Å². The number of ketones is 1. The largest absolute Gasteiger partial charge is 0.508 e. The van der Waals surface area contributed by atoms with E-state index in [1.165, 1.54) is 12.1 Å². The molecule has 3 heteroatoms. The molecule has 0 saturated heterocycles. The Morgan fingerprint density at radius 2 is 1.94 bits per heavy atom. The number of aromatic hydroxyl groups is 1. The van der Waals surface area contributed by atoms with Crippen molar-refractivity contribution in [3.05, 3.63) is 53.6 Å². The molecule has 1 aromatic carbocycles. The van der Waals surface area contributed by atoms with Crippen LogP contribution < -0.4 is 0 Å². The Balaban J connectivity index is 2.20. The fourth-order valence-electron chi connectivity index (χ4n) is 1.67. The fourth-order valence-corrected chi connectivity index (χ4v) is 1.67. The molecule has 3 nitrogen and oxygen atoms in total. The number of benzene rings is 1. The van der Waals surface area contributed by atoms with Crippen molar-refractivity contribution in [1.29, 1.82) is 0 Å². The van der Waals surface area contributed by atoms with E-state index < -0.39 is 5.60 Å². The van der Waals surface area contributed by atoms with Crippen LogP contribution in [0.25, 0.3) is 0 Å². The number of rotatable bonds is 2. The van der Waals surface area contributed by atoms with Crippen molar-refractivity contribution in [2.75, 3.05) is 0 Å². The van der Waals surface area contributed by atoms with Gasteiger partial charge in [-0.2, -0.15) is 0 Å². The molecule has 88 valence electrons. The quantitative estimate of drug-likeness (QED) is 0.766. The van der Waals surface area contributed by atoms with E-state index in [-0.39, 0.29) is 11.5 Å². The summed E-state index contributed by atoms with van der Waals surface area (Å²) in [5.74, 6) is 0.0365.